The number of aromatic nitrogens is 2. The van der Waals surface area contributed by atoms with E-state index in [2.05, 4.69) is 16.9 Å². The molecule has 0 fully saturated rings. The van der Waals surface area contributed by atoms with Gasteiger partial charge in [-0.05, 0) is 32.4 Å². The number of nitrogens with zero attached hydrogens (tertiary/aromatic N) is 2. The van der Waals surface area contributed by atoms with E-state index in [0.29, 0.717) is 18.2 Å². The lowest BCUT2D eigenvalue weighted by atomic mass is 10.1. The molecule has 0 atom stereocenters. The van der Waals surface area contributed by atoms with Gasteiger partial charge in [0.25, 0.3) is 0 Å². The van der Waals surface area contributed by atoms with E-state index in [9.17, 15) is 0 Å². The highest BCUT2D eigenvalue weighted by Gasteiger charge is 2.09. The van der Waals surface area contributed by atoms with Gasteiger partial charge >= 0.3 is 0 Å². The lowest BCUT2D eigenvalue weighted by molar-refractivity contribution is 0.340. The summed E-state index contributed by atoms with van der Waals surface area (Å²) in [5.41, 5.74) is 8.83. The highest BCUT2D eigenvalue weighted by atomic mass is 16.5. The topological polar surface area (TPSA) is 61.0 Å². The van der Waals surface area contributed by atoms with Crippen molar-refractivity contribution in [2.75, 3.05) is 12.3 Å². The first kappa shape index (κ1) is 13.3. The van der Waals surface area contributed by atoms with E-state index in [4.69, 9.17) is 10.5 Å². The fraction of sp³-hybridized carbons (Fsp3) is 0.333. The summed E-state index contributed by atoms with van der Waals surface area (Å²) in [5, 5.41) is 0. The molecule has 0 unspecified atom stereocenters. The van der Waals surface area contributed by atoms with Crippen molar-refractivity contribution < 1.29 is 4.74 Å². The second-order valence-electron chi connectivity index (χ2n) is 4.32. The van der Waals surface area contributed by atoms with Gasteiger partial charge in [-0.2, -0.15) is 0 Å². The molecule has 0 radical (unpaired) electrons. The zero-order valence-corrected chi connectivity index (χ0v) is 11.6. The number of nitrogens with two attached hydrogens (primary N) is 1. The van der Waals surface area contributed by atoms with Crippen molar-refractivity contribution in [2.24, 2.45) is 0 Å². The van der Waals surface area contributed by atoms with E-state index in [1.807, 2.05) is 38.1 Å². The van der Waals surface area contributed by atoms with Crippen LogP contribution in [0, 0.1) is 6.92 Å². The van der Waals surface area contributed by atoms with Gasteiger partial charge < -0.3 is 10.5 Å². The molecule has 2 rings (SSSR count). The molecule has 0 saturated heterocycles. The van der Waals surface area contributed by atoms with E-state index in [1.165, 1.54) is 0 Å². The first-order valence-corrected chi connectivity index (χ1v) is 6.52. The van der Waals surface area contributed by atoms with Crippen LogP contribution in [-0.4, -0.2) is 16.6 Å². The minimum Gasteiger partial charge on any atom is -0.494 e. The number of aryl methyl sites for hydroxylation is 1. The molecule has 0 aliphatic heterocycles. The predicted octanol–water partition coefficient (Wildman–Crippen LogP) is 3.00. The summed E-state index contributed by atoms with van der Waals surface area (Å²) in [6.45, 7) is 6.62. The van der Waals surface area contributed by atoms with Crippen molar-refractivity contribution in [3.8, 4) is 17.1 Å². The Morgan fingerprint density at radius 3 is 2.68 bits per heavy atom. The Labute approximate surface area is 113 Å². The van der Waals surface area contributed by atoms with Gasteiger partial charge in [-0.1, -0.05) is 19.1 Å². The molecule has 0 amide bonds. The van der Waals surface area contributed by atoms with Crippen LogP contribution in [0.25, 0.3) is 11.4 Å². The van der Waals surface area contributed by atoms with E-state index < -0.39 is 0 Å². The van der Waals surface area contributed by atoms with E-state index in [1.54, 1.807) is 0 Å². The Kier molecular flexibility index (Phi) is 4.00. The van der Waals surface area contributed by atoms with Crippen LogP contribution in [0.5, 0.6) is 5.75 Å². The average Bonchev–Trinajstić information content (AvgIpc) is 2.42. The molecule has 1 aromatic carbocycles. The Morgan fingerprint density at radius 2 is 2.00 bits per heavy atom. The fourth-order valence-corrected chi connectivity index (χ4v) is 1.95. The molecule has 1 aromatic heterocycles. The van der Waals surface area contributed by atoms with Crippen molar-refractivity contribution >= 4 is 5.82 Å². The number of benzene rings is 1. The molecule has 0 saturated carbocycles. The lowest BCUT2D eigenvalue weighted by Crippen LogP contribution is -2.04. The van der Waals surface area contributed by atoms with Crippen molar-refractivity contribution in [1.29, 1.82) is 0 Å². The Bertz CT molecular complexity index is 582. The fourth-order valence-electron chi connectivity index (χ4n) is 1.95. The SMILES string of the molecule is CCOc1cccc(-c2nc(N)c(C)c(CC)n2)c1. The number of hydrogen-bond acceptors (Lipinski definition) is 4. The average molecular weight is 257 g/mol. The normalized spacial score (nSPS) is 10.5. The van der Waals surface area contributed by atoms with Crippen molar-refractivity contribution in [2.45, 2.75) is 27.2 Å². The highest BCUT2D eigenvalue weighted by Crippen LogP contribution is 2.24. The Hall–Kier alpha value is -2.10. The number of rotatable bonds is 4. The minimum atomic E-state index is 0.545. The van der Waals surface area contributed by atoms with Crippen molar-refractivity contribution in [3.63, 3.8) is 0 Å². The van der Waals surface area contributed by atoms with E-state index >= 15 is 0 Å². The van der Waals surface area contributed by atoms with Crippen molar-refractivity contribution in [3.05, 3.63) is 35.5 Å². The minimum absolute atomic E-state index is 0.545. The van der Waals surface area contributed by atoms with Crippen LogP contribution >= 0.6 is 0 Å². The van der Waals surface area contributed by atoms with Gasteiger partial charge in [0, 0.05) is 16.8 Å². The Balaban J connectivity index is 2.46. The van der Waals surface area contributed by atoms with Gasteiger partial charge in [0.2, 0.25) is 0 Å². The van der Waals surface area contributed by atoms with Crippen LogP contribution in [0.4, 0.5) is 5.82 Å². The van der Waals surface area contributed by atoms with Crippen LogP contribution < -0.4 is 10.5 Å². The molecule has 4 nitrogen and oxygen atoms in total. The van der Waals surface area contributed by atoms with Crippen LogP contribution in [0.2, 0.25) is 0 Å². The number of anilines is 1. The van der Waals surface area contributed by atoms with Crippen LogP contribution in [-0.2, 0) is 6.42 Å². The van der Waals surface area contributed by atoms with Gasteiger partial charge in [-0.15, -0.1) is 0 Å². The summed E-state index contributed by atoms with van der Waals surface area (Å²) >= 11 is 0. The van der Waals surface area contributed by atoms with Crippen LogP contribution in [0.1, 0.15) is 25.1 Å². The second-order valence-corrected chi connectivity index (χ2v) is 4.32. The van der Waals surface area contributed by atoms with E-state index in [-0.39, 0.29) is 0 Å². The van der Waals surface area contributed by atoms with E-state index in [0.717, 1.165) is 29.0 Å². The Morgan fingerprint density at radius 1 is 1.21 bits per heavy atom. The smallest absolute Gasteiger partial charge is 0.161 e. The third kappa shape index (κ3) is 2.84. The second kappa shape index (κ2) is 5.69. The highest BCUT2D eigenvalue weighted by molar-refractivity contribution is 5.60. The predicted molar refractivity (Wildman–Crippen MR) is 77.2 cm³/mol. The molecule has 4 heteroatoms. The number of hydrogen-bond donors (Lipinski definition) is 1. The summed E-state index contributed by atoms with van der Waals surface area (Å²) in [5.74, 6) is 2.02. The zero-order valence-electron chi connectivity index (χ0n) is 11.6. The lowest BCUT2D eigenvalue weighted by Gasteiger charge is -2.09. The molecule has 0 bridgehead atoms. The van der Waals surface area contributed by atoms with Crippen LogP contribution in [0.15, 0.2) is 24.3 Å². The quantitative estimate of drug-likeness (QED) is 0.914. The molecule has 2 aromatic rings. The molecule has 1 heterocycles. The van der Waals surface area contributed by atoms with Gasteiger partial charge in [-0.25, -0.2) is 9.97 Å². The molecule has 2 N–H and O–H groups in total. The first-order valence-electron chi connectivity index (χ1n) is 6.52. The maximum atomic E-state index is 5.95. The van der Waals surface area contributed by atoms with Gasteiger partial charge in [0.05, 0.1) is 6.61 Å². The molecule has 0 spiro atoms. The van der Waals surface area contributed by atoms with Crippen LogP contribution in [0.3, 0.4) is 0 Å². The number of ether oxygens (including phenoxy) is 1. The third-order valence-corrected chi connectivity index (χ3v) is 3.02. The molecule has 100 valence electrons. The standard InChI is InChI=1S/C15H19N3O/c1-4-13-10(3)14(16)18-15(17-13)11-7-6-8-12(9-11)19-5-2/h6-9H,4-5H2,1-3H3,(H2,16,17,18). The first-order chi connectivity index (χ1) is 9.15. The molecule has 0 aliphatic rings. The molecule has 0 aliphatic carbocycles. The summed E-state index contributed by atoms with van der Waals surface area (Å²) in [6.07, 6.45) is 0.844. The van der Waals surface area contributed by atoms with Crippen molar-refractivity contribution in [1.82, 2.24) is 9.97 Å². The summed E-state index contributed by atoms with van der Waals surface area (Å²) < 4.78 is 5.49. The monoisotopic (exact) mass is 257 g/mol. The third-order valence-electron chi connectivity index (χ3n) is 3.02. The van der Waals surface area contributed by atoms with Gasteiger partial charge in [0.1, 0.15) is 11.6 Å². The number of nitrogen functional groups attached to an aromatic ring is 1. The maximum absolute atomic E-state index is 5.95. The molecule has 19 heavy (non-hydrogen) atoms. The molecular weight excluding hydrogens is 238 g/mol. The molecular formula is C15H19N3O. The van der Waals surface area contributed by atoms with Gasteiger partial charge in [-0.3, -0.25) is 0 Å². The maximum Gasteiger partial charge on any atom is 0.161 e. The zero-order chi connectivity index (χ0) is 13.8. The summed E-state index contributed by atoms with van der Waals surface area (Å²) in [4.78, 5) is 8.94. The largest absolute Gasteiger partial charge is 0.494 e. The summed E-state index contributed by atoms with van der Waals surface area (Å²) in [7, 11) is 0. The summed E-state index contributed by atoms with van der Waals surface area (Å²) in [6, 6.07) is 7.76. The van der Waals surface area contributed by atoms with Gasteiger partial charge in [0.15, 0.2) is 5.82 Å².